The zero-order valence-electron chi connectivity index (χ0n) is 10.9. The van der Waals surface area contributed by atoms with Gasteiger partial charge in [0.05, 0.1) is 15.6 Å². The Morgan fingerprint density at radius 3 is 2.33 bits per heavy atom. The van der Waals surface area contributed by atoms with E-state index >= 15 is 0 Å². The molecule has 0 spiro atoms. The van der Waals surface area contributed by atoms with Crippen LogP contribution in [0.25, 0.3) is 0 Å². The van der Waals surface area contributed by atoms with Crippen LogP contribution in [0.3, 0.4) is 0 Å². The molecule has 0 unspecified atom stereocenters. The van der Waals surface area contributed by atoms with Crippen molar-refractivity contribution in [1.82, 2.24) is 4.72 Å². The zero-order chi connectivity index (χ0) is 16.4. The van der Waals surface area contributed by atoms with Crippen molar-refractivity contribution >= 4 is 31.4 Å². The van der Waals surface area contributed by atoms with Crippen molar-refractivity contribution in [3.8, 4) is 0 Å². The quantitative estimate of drug-likeness (QED) is 0.340. The standard InChI is InChI=1S/C9H14N4O6S2/c1-6-4-7(10)8(13(14)15)5-9(6)21(18,19)12-2-3-20(11,16)17/h4-5,12H,2-3,10H2,1H3,(H2,11,16,17). The number of primary sulfonamides is 1. The van der Waals surface area contributed by atoms with Crippen LogP contribution in [0.15, 0.2) is 17.0 Å². The van der Waals surface area contributed by atoms with Crippen LogP contribution in [-0.2, 0) is 20.0 Å². The number of nitrogens with two attached hydrogens (primary N) is 2. The molecule has 0 amide bonds. The summed E-state index contributed by atoms with van der Waals surface area (Å²) in [5.74, 6) is -0.595. The van der Waals surface area contributed by atoms with Crippen molar-refractivity contribution in [2.45, 2.75) is 11.8 Å². The number of nitrogen functional groups attached to an aromatic ring is 1. The number of sulfonamides is 2. The summed E-state index contributed by atoms with van der Waals surface area (Å²) in [6, 6.07) is 1.98. The van der Waals surface area contributed by atoms with Gasteiger partial charge in [-0.3, -0.25) is 10.1 Å². The summed E-state index contributed by atoms with van der Waals surface area (Å²) in [6.45, 7) is 0.965. The third-order valence-corrected chi connectivity index (χ3v) is 4.87. The molecule has 0 aromatic heterocycles. The van der Waals surface area contributed by atoms with Crippen molar-refractivity contribution < 1.29 is 21.8 Å². The monoisotopic (exact) mass is 338 g/mol. The maximum atomic E-state index is 12.0. The number of nitrogens with zero attached hydrogens (tertiary/aromatic N) is 1. The van der Waals surface area contributed by atoms with E-state index in [-0.39, 0.29) is 16.1 Å². The van der Waals surface area contributed by atoms with Gasteiger partial charge in [0.15, 0.2) is 0 Å². The second kappa shape index (κ2) is 5.93. The van der Waals surface area contributed by atoms with Gasteiger partial charge in [-0.2, -0.15) is 0 Å². The summed E-state index contributed by atoms with van der Waals surface area (Å²) in [5.41, 5.74) is 4.92. The van der Waals surface area contributed by atoms with Crippen LogP contribution in [0.4, 0.5) is 11.4 Å². The molecule has 0 aliphatic rings. The molecular formula is C9H14N4O6S2. The lowest BCUT2D eigenvalue weighted by atomic mass is 10.2. The van der Waals surface area contributed by atoms with Gasteiger partial charge in [-0.15, -0.1) is 0 Å². The van der Waals surface area contributed by atoms with Crippen molar-refractivity contribution in [1.29, 1.82) is 0 Å². The minimum atomic E-state index is -4.12. The summed E-state index contributed by atoms with van der Waals surface area (Å²) in [7, 11) is -7.94. The number of aryl methyl sites for hydroxylation is 1. The number of nitro benzene ring substituents is 1. The van der Waals surface area contributed by atoms with Crippen molar-refractivity contribution in [3.05, 3.63) is 27.8 Å². The first-order valence-electron chi connectivity index (χ1n) is 5.48. The van der Waals surface area contributed by atoms with Crippen LogP contribution in [0.1, 0.15) is 5.56 Å². The largest absolute Gasteiger partial charge is 0.393 e. The molecule has 0 fully saturated rings. The number of benzene rings is 1. The Hall–Kier alpha value is -1.76. The van der Waals surface area contributed by atoms with Crippen LogP contribution < -0.4 is 15.6 Å². The average Bonchev–Trinajstić information content (AvgIpc) is 2.25. The van der Waals surface area contributed by atoms with E-state index in [2.05, 4.69) is 0 Å². The molecule has 1 rings (SSSR count). The number of rotatable bonds is 6. The fraction of sp³-hybridized carbons (Fsp3) is 0.333. The topological polar surface area (TPSA) is 175 Å². The molecule has 1 aromatic rings. The lowest BCUT2D eigenvalue weighted by molar-refractivity contribution is -0.384. The predicted molar refractivity (Wildman–Crippen MR) is 75.4 cm³/mol. The number of anilines is 1. The molecule has 118 valence electrons. The van der Waals surface area contributed by atoms with Gasteiger partial charge in [0.25, 0.3) is 5.69 Å². The molecule has 21 heavy (non-hydrogen) atoms. The van der Waals surface area contributed by atoms with E-state index in [1.165, 1.54) is 6.92 Å². The number of nitro groups is 1. The molecule has 0 radical (unpaired) electrons. The molecule has 0 bridgehead atoms. The summed E-state index contributed by atoms with van der Waals surface area (Å²) < 4.78 is 47.5. The van der Waals surface area contributed by atoms with Gasteiger partial charge in [0.2, 0.25) is 20.0 Å². The summed E-state index contributed by atoms with van der Waals surface area (Å²) >= 11 is 0. The SMILES string of the molecule is Cc1cc(N)c([N+](=O)[O-])cc1S(=O)(=O)NCCS(N)(=O)=O. The average molecular weight is 338 g/mol. The molecule has 0 saturated heterocycles. The Morgan fingerprint density at radius 1 is 1.29 bits per heavy atom. The molecule has 0 aliphatic heterocycles. The van der Waals surface area contributed by atoms with Gasteiger partial charge < -0.3 is 5.73 Å². The Labute approximate surface area is 121 Å². The third-order valence-electron chi connectivity index (χ3n) is 2.49. The summed E-state index contributed by atoms with van der Waals surface area (Å²) in [4.78, 5) is 9.62. The molecule has 0 aliphatic carbocycles. The van der Waals surface area contributed by atoms with E-state index in [1.54, 1.807) is 0 Å². The molecule has 5 N–H and O–H groups in total. The van der Waals surface area contributed by atoms with E-state index in [0.717, 1.165) is 12.1 Å². The van der Waals surface area contributed by atoms with Crippen molar-refractivity contribution in [2.75, 3.05) is 18.0 Å². The number of nitrogens with one attached hydrogen (secondary N) is 1. The maximum absolute atomic E-state index is 12.0. The van der Waals surface area contributed by atoms with E-state index in [9.17, 15) is 26.9 Å². The maximum Gasteiger partial charge on any atom is 0.293 e. The van der Waals surface area contributed by atoms with Crippen molar-refractivity contribution in [3.63, 3.8) is 0 Å². The minimum Gasteiger partial charge on any atom is -0.393 e. The van der Waals surface area contributed by atoms with Crippen LogP contribution >= 0.6 is 0 Å². The van der Waals surface area contributed by atoms with Crippen LogP contribution in [0, 0.1) is 17.0 Å². The van der Waals surface area contributed by atoms with E-state index < -0.39 is 43.0 Å². The normalized spacial score (nSPS) is 12.3. The highest BCUT2D eigenvalue weighted by Gasteiger charge is 2.23. The fourth-order valence-electron chi connectivity index (χ4n) is 1.54. The first-order chi connectivity index (χ1) is 9.44. The van der Waals surface area contributed by atoms with Gasteiger partial charge in [-0.1, -0.05) is 0 Å². The van der Waals surface area contributed by atoms with E-state index in [1.807, 2.05) is 4.72 Å². The highest BCUT2D eigenvalue weighted by atomic mass is 32.2. The smallest absolute Gasteiger partial charge is 0.293 e. The molecule has 0 atom stereocenters. The molecule has 12 heteroatoms. The number of hydrogen-bond donors (Lipinski definition) is 3. The predicted octanol–water partition coefficient (Wildman–Crippen LogP) is -0.948. The Kier molecular flexibility index (Phi) is 4.88. The third kappa shape index (κ3) is 4.63. The van der Waals surface area contributed by atoms with Gasteiger partial charge in [-0.25, -0.2) is 26.7 Å². The lowest BCUT2D eigenvalue weighted by Crippen LogP contribution is -2.32. The first-order valence-corrected chi connectivity index (χ1v) is 8.68. The Bertz CT molecular complexity index is 772. The highest BCUT2D eigenvalue weighted by molar-refractivity contribution is 7.90. The van der Waals surface area contributed by atoms with E-state index in [0.29, 0.717) is 0 Å². The van der Waals surface area contributed by atoms with Gasteiger partial charge in [-0.05, 0) is 18.6 Å². The summed E-state index contributed by atoms with van der Waals surface area (Å²) in [5, 5.41) is 15.5. The highest BCUT2D eigenvalue weighted by Crippen LogP contribution is 2.28. The zero-order valence-corrected chi connectivity index (χ0v) is 12.6. The summed E-state index contributed by atoms with van der Waals surface area (Å²) in [6.07, 6.45) is 0. The second-order valence-corrected chi connectivity index (χ2v) is 7.67. The van der Waals surface area contributed by atoms with Crippen LogP contribution in [0.2, 0.25) is 0 Å². The Balaban J connectivity index is 3.14. The van der Waals surface area contributed by atoms with E-state index in [4.69, 9.17) is 10.9 Å². The lowest BCUT2D eigenvalue weighted by Gasteiger charge is -2.09. The molecule has 0 heterocycles. The Morgan fingerprint density at radius 2 is 1.86 bits per heavy atom. The molecule has 1 aromatic carbocycles. The van der Waals surface area contributed by atoms with Crippen LogP contribution in [-0.4, -0.2) is 34.1 Å². The first kappa shape index (κ1) is 17.3. The second-order valence-electron chi connectivity index (χ2n) is 4.20. The van der Waals surface area contributed by atoms with Gasteiger partial charge in [0.1, 0.15) is 5.69 Å². The molecular weight excluding hydrogens is 324 g/mol. The minimum absolute atomic E-state index is 0.166. The van der Waals surface area contributed by atoms with Gasteiger partial charge >= 0.3 is 0 Å². The fourth-order valence-corrected chi connectivity index (χ4v) is 3.34. The molecule has 10 nitrogen and oxygen atoms in total. The van der Waals surface area contributed by atoms with Crippen LogP contribution in [0.5, 0.6) is 0 Å². The van der Waals surface area contributed by atoms with Crippen molar-refractivity contribution in [2.24, 2.45) is 5.14 Å². The number of hydrogen-bond acceptors (Lipinski definition) is 7. The van der Waals surface area contributed by atoms with Gasteiger partial charge in [0, 0.05) is 12.6 Å². The molecule has 0 saturated carbocycles.